The molecule has 3 nitrogen and oxygen atoms in total. The first-order valence-corrected chi connectivity index (χ1v) is 4.55. The molecule has 1 atom stereocenters. The van der Waals surface area contributed by atoms with Crippen LogP contribution in [0.25, 0.3) is 5.52 Å². The molecule has 0 amide bonds. The van der Waals surface area contributed by atoms with Gasteiger partial charge in [-0.2, -0.15) is 0 Å². The molecule has 0 aromatic carbocycles. The number of rotatable bonds is 1. The molecule has 2 aromatic heterocycles. The molecule has 0 aliphatic carbocycles. The van der Waals surface area contributed by atoms with Crippen LogP contribution in [0.2, 0.25) is 5.02 Å². The predicted molar refractivity (Wildman–Crippen MR) is 52.8 cm³/mol. The molecule has 0 bridgehead atoms. The maximum Gasteiger partial charge on any atom is 0.167 e. The summed E-state index contributed by atoms with van der Waals surface area (Å²) in [6.07, 6.45) is 3.17. The first-order chi connectivity index (χ1) is 6.61. The Hall–Kier alpha value is -1.13. The Morgan fingerprint density at radius 1 is 1.64 bits per heavy atom. The van der Waals surface area contributed by atoms with Gasteiger partial charge in [0.2, 0.25) is 0 Å². The van der Waals surface area contributed by atoms with Crippen molar-refractivity contribution < 1.29 is 4.39 Å². The number of nitrogens with two attached hydrogens (primary N) is 1. The van der Waals surface area contributed by atoms with Crippen molar-refractivity contribution in [2.75, 3.05) is 0 Å². The lowest BCUT2D eigenvalue weighted by molar-refractivity contribution is 0.630. The summed E-state index contributed by atoms with van der Waals surface area (Å²) in [6, 6.07) is 1.17. The lowest BCUT2D eigenvalue weighted by Gasteiger charge is -2.03. The highest BCUT2D eigenvalue weighted by atomic mass is 35.5. The average molecular weight is 214 g/mol. The van der Waals surface area contributed by atoms with E-state index in [1.54, 1.807) is 17.5 Å². The maximum atomic E-state index is 13.6. The third-order valence-corrected chi connectivity index (χ3v) is 2.34. The molecule has 74 valence electrons. The standard InChI is InChI=1S/C9H9ClFN3/c1-5(12)8-9-7(11)6(10)2-3-14(9)4-13-8/h2-5H,12H2,1H3. The van der Waals surface area contributed by atoms with Gasteiger partial charge < -0.3 is 10.1 Å². The van der Waals surface area contributed by atoms with Crippen LogP contribution in [0.15, 0.2) is 18.6 Å². The number of aromatic nitrogens is 2. The van der Waals surface area contributed by atoms with Crippen molar-refractivity contribution in [1.29, 1.82) is 0 Å². The van der Waals surface area contributed by atoms with Crippen LogP contribution in [-0.2, 0) is 0 Å². The Morgan fingerprint density at radius 2 is 2.36 bits per heavy atom. The van der Waals surface area contributed by atoms with Crippen LogP contribution in [0.1, 0.15) is 18.7 Å². The van der Waals surface area contributed by atoms with Gasteiger partial charge in [0, 0.05) is 12.2 Å². The molecule has 5 heteroatoms. The van der Waals surface area contributed by atoms with Crippen LogP contribution >= 0.6 is 11.6 Å². The summed E-state index contributed by atoms with van der Waals surface area (Å²) in [6.45, 7) is 1.75. The molecule has 1 unspecified atom stereocenters. The van der Waals surface area contributed by atoms with E-state index < -0.39 is 5.82 Å². The van der Waals surface area contributed by atoms with Crippen molar-refractivity contribution in [3.05, 3.63) is 35.1 Å². The molecule has 2 heterocycles. The first-order valence-electron chi connectivity index (χ1n) is 4.17. The molecule has 2 N–H and O–H groups in total. The van der Waals surface area contributed by atoms with Gasteiger partial charge in [-0.15, -0.1) is 0 Å². The fraction of sp³-hybridized carbons (Fsp3) is 0.222. The van der Waals surface area contributed by atoms with Crippen molar-refractivity contribution in [3.63, 3.8) is 0 Å². The average Bonchev–Trinajstić information content (AvgIpc) is 2.55. The molecule has 0 aliphatic heterocycles. The minimum atomic E-state index is -0.473. The zero-order valence-electron chi connectivity index (χ0n) is 7.54. The highest BCUT2D eigenvalue weighted by Gasteiger charge is 2.14. The first kappa shape index (κ1) is 9.43. The summed E-state index contributed by atoms with van der Waals surface area (Å²) in [7, 11) is 0. The molecule has 0 saturated carbocycles. The Morgan fingerprint density at radius 3 is 3.00 bits per heavy atom. The quantitative estimate of drug-likeness (QED) is 0.789. The minimum Gasteiger partial charge on any atom is -0.323 e. The molecular formula is C9H9ClFN3. The number of halogens is 2. The van der Waals surface area contributed by atoms with Crippen molar-refractivity contribution in [1.82, 2.24) is 9.38 Å². The lowest BCUT2D eigenvalue weighted by atomic mass is 10.2. The SMILES string of the molecule is CC(N)c1ncn2ccc(Cl)c(F)c12. The van der Waals surface area contributed by atoms with Gasteiger partial charge in [-0.1, -0.05) is 11.6 Å². The van der Waals surface area contributed by atoms with Gasteiger partial charge in [-0.05, 0) is 13.0 Å². The van der Waals surface area contributed by atoms with E-state index in [0.29, 0.717) is 11.2 Å². The largest absolute Gasteiger partial charge is 0.323 e. The molecule has 0 fully saturated rings. The number of hydrogen-bond donors (Lipinski definition) is 1. The second-order valence-electron chi connectivity index (χ2n) is 3.15. The van der Waals surface area contributed by atoms with Crippen LogP contribution in [0, 0.1) is 5.82 Å². The second kappa shape index (κ2) is 3.22. The van der Waals surface area contributed by atoms with Crippen molar-refractivity contribution in [2.24, 2.45) is 5.73 Å². The van der Waals surface area contributed by atoms with Gasteiger partial charge in [0.25, 0.3) is 0 Å². The van der Waals surface area contributed by atoms with Crippen LogP contribution in [-0.4, -0.2) is 9.38 Å². The van der Waals surface area contributed by atoms with E-state index in [1.165, 1.54) is 12.4 Å². The number of pyridine rings is 1. The Kier molecular flexibility index (Phi) is 2.17. The van der Waals surface area contributed by atoms with Crippen molar-refractivity contribution >= 4 is 17.1 Å². The van der Waals surface area contributed by atoms with E-state index in [2.05, 4.69) is 4.98 Å². The van der Waals surface area contributed by atoms with E-state index in [0.717, 1.165) is 0 Å². The lowest BCUT2D eigenvalue weighted by Crippen LogP contribution is -2.06. The van der Waals surface area contributed by atoms with Gasteiger partial charge in [-0.25, -0.2) is 9.37 Å². The Balaban J connectivity index is 2.82. The van der Waals surface area contributed by atoms with Crippen LogP contribution in [0.3, 0.4) is 0 Å². The highest BCUT2D eigenvalue weighted by molar-refractivity contribution is 6.31. The number of hydrogen-bond acceptors (Lipinski definition) is 2. The van der Waals surface area contributed by atoms with E-state index in [1.807, 2.05) is 0 Å². The van der Waals surface area contributed by atoms with Gasteiger partial charge in [-0.3, -0.25) is 0 Å². The zero-order chi connectivity index (χ0) is 10.3. The molecule has 0 saturated heterocycles. The van der Waals surface area contributed by atoms with E-state index in [-0.39, 0.29) is 11.1 Å². The molecule has 14 heavy (non-hydrogen) atoms. The minimum absolute atomic E-state index is 0.0832. The third kappa shape index (κ3) is 1.27. The number of fused-ring (bicyclic) bond motifs is 1. The van der Waals surface area contributed by atoms with Gasteiger partial charge >= 0.3 is 0 Å². The number of nitrogens with zero attached hydrogens (tertiary/aromatic N) is 2. The predicted octanol–water partition coefficient (Wildman–Crippen LogP) is 2.15. The molecular weight excluding hydrogens is 205 g/mol. The molecule has 2 aromatic rings. The smallest absolute Gasteiger partial charge is 0.167 e. The summed E-state index contributed by atoms with van der Waals surface area (Å²) in [4.78, 5) is 4.04. The van der Waals surface area contributed by atoms with Gasteiger partial charge in [0.1, 0.15) is 5.52 Å². The Labute approximate surface area is 85.3 Å². The van der Waals surface area contributed by atoms with Crippen LogP contribution in [0.5, 0.6) is 0 Å². The molecule has 2 rings (SSSR count). The maximum absolute atomic E-state index is 13.6. The van der Waals surface area contributed by atoms with Gasteiger partial charge in [0.15, 0.2) is 5.82 Å². The molecule has 0 spiro atoms. The summed E-state index contributed by atoms with van der Waals surface area (Å²) in [5.74, 6) is -0.473. The van der Waals surface area contributed by atoms with E-state index in [9.17, 15) is 4.39 Å². The number of imidazole rings is 1. The monoisotopic (exact) mass is 213 g/mol. The fourth-order valence-corrected chi connectivity index (χ4v) is 1.53. The van der Waals surface area contributed by atoms with Gasteiger partial charge in [0.05, 0.1) is 17.0 Å². The Bertz CT molecular complexity index is 478. The molecule has 0 aliphatic rings. The van der Waals surface area contributed by atoms with E-state index >= 15 is 0 Å². The molecule has 0 radical (unpaired) electrons. The van der Waals surface area contributed by atoms with Crippen molar-refractivity contribution in [2.45, 2.75) is 13.0 Å². The fourth-order valence-electron chi connectivity index (χ4n) is 1.38. The van der Waals surface area contributed by atoms with Crippen molar-refractivity contribution in [3.8, 4) is 0 Å². The van der Waals surface area contributed by atoms with Crippen LogP contribution < -0.4 is 5.73 Å². The topological polar surface area (TPSA) is 43.3 Å². The summed E-state index contributed by atoms with van der Waals surface area (Å²) in [5.41, 5.74) is 6.53. The summed E-state index contributed by atoms with van der Waals surface area (Å²) >= 11 is 5.66. The summed E-state index contributed by atoms with van der Waals surface area (Å²) in [5, 5.41) is 0.0832. The van der Waals surface area contributed by atoms with Crippen LogP contribution in [0.4, 0.5) is 4.39 Å². The normalized spacial score (nSPS) is 13.4. The third-order valence-electron chi connectivity index (χ3n) is 2.05. The second-order valence-corrected chi connectivity index (χ2v) is 3.56. The zero-order valence-corrected chi connectivity index (χ0v) is 8.29. The highest BCUT2D eigenvalue weighted by Crippen LogP contribution is 2.23. The summed E-state index contributed by atoms with van der Waals surface area (Å²) < 4.78 is 15.2. The van der Waals surface area contributed by atoms with E-state index in [4.69, 9.17) is 17.3 Å².